The fourth-order valence-electron chi connectivity index (χ4n) is 2.65. The number of nitrogens with one attached hydrogen (secondary N) is 1. The molecule has 3 nitrogen and oxygen atoms in total. The van der Waals surface area contributed by atoms with Crippen LogP contribution >= 0.6 is 0 Å². The Balaban J connectivity index is 1.93. The molecule has 0 aromatic heterocycles. The molecule has 1 aromatic carbocycles. The third-order valence-electron chi connectivity index (χ3n) is 3.57. The number of piperidine rings is 1. The lowest BCUT2D eigenvalue weighted by Crippen LogP contribution is -2.38. The standard InChI is InChI=1S/C15H24N2O/c1-16-10-13-5-3-6-14(9-13)11-17-8-4-7-15(12-17)18-2/h3,5-6,9,15-16H,4,7-8,10-12H2,1-2H3. The van der Waals surface area contributed by atoms with Crippen molar-refractivity contribution in [3.8, 4) is 0 Å². The summed E-state index contributed by atoms with van der Waals surface area (Å²) >= 11 is 0. The summed E-state index contributed by atoms with van der Waals surface area (Å²) in [7, 11) is 3.81. The molecule has 0 radical (unpaired) electrons. The molecule has 0 amide bonds. The van der Waals surface area contributed by atoms with Crippen molar-refractivity contribution in [2.24, 2.45) is 0 Å². The summed E-state index contributed by atoms with van der Waals surface area (Å²) < 4.78 is 5.47. The molecule has 1 saturated heterocycles. The maximum absolute atomic E-state index is 5.47. The van der Waals surface area contributed by atoms with Crippen LogP contribution in [0.3, 0.4) is 0 Å². The Labute approximate surface area is 110 Å². The minimum atomic E-state index is 0.416. The van der Waals surface area contributed by atoms with Crippen LogP contribution in [0.4, 0.5) is 0 Å². The lowest BCUT2D eigenvalue weighted by Gasteiger charge is -2.31. The first-order valence-corrected chi connectivity index (χ1v) is 6.79. The van der Waals surface area contributed by atoms with Gasteiger partial charge in [0.25, 0.3) is 0 Å². The Bertz CT molecular complexity index is 367. The second-order valence-electron chi connectivity index (χ2n) is 5.09. The van der Waals surface area contributed by atoms with Crippen LogP contribution in [0.1, 0.15) is 24.0 Å². The largest absolute Gasteiger partial charge is 0.380 e. The molecule has 3 heteroatoms. The van der Waals surface area contributed by atoms with E-state index in [9.17, 15) is 0 Å². The highest BCUT2D eigenvalue weighted by Gasteiger charge is 2.19. The maximum Gasteiger partial charge on any atom is 0.0698 e. The van der Waals surface area contributed by atoms with Crippen LogP contribution < -0.4 is 5.32 Å². The first-order valence-electron chi connectivity index (χ1n) is 6.79. The number of rotatable bonds is 5. The van der Waals surface area contributed by atoms with Gasteiger partial charge in [-0.25, -0.2) is 0 Å². The molecule has 1 aliphatic rings. The molecule has 0 bridgehead atoms. The third-order valence-corrected chi connectivity index (χ3v) is 3.57. The van der Waals surface area contributed by atoms with E-state index in [1.807, 2.05) is 14.2 Å². The van der Waals surface area contributed by atoms with Gasteiger partial charge in [0.2, 0.25) is 0 Å². The van der Waals surface area contributed by atoms with Crippen LogP contribution in [0.2, 0.25) is 0 Å². The monoisotopic (exact) mass is 248 g/mol. The van der Waals surface area contributed by atoms with Gasteiger partial charge < -0.3 is 10.1 Å². The highest BCUT2D eigenvalue weighted by atomic mass is 16.5. The van der Waals surface area contributed by atoms with Gasteiger partial charge in [-0.1, -0.05) is 24.3 Å². The second kappa shape index (κ2) is 6.88. The number of hydrogen-bond acceptors (Lipinski definition) is 3. The molecule has 1 atom stereocenters. The molecule has 1 aromatic rings. The molecule has 100 valence electrons. The predicted octanol–water partition coefficient (Wildman–Crippen LogP) is 2.02. The molecule has 1 aliphatic heterocycles. The van der Waals surface area contributed by atoms with Crippen molar-refractivity contribution in [3.63, 3.8) is 0 Å². The normalized spacial score (nSPS) is 21.1. The van der Waals surface area contributed by atoms with Gasteiger partial charge in [-0.3, -0.25) is 4.90 Å². The van der Waals surface area contributed by atoms with Gasteiger partial charge in [0.15, 0.2) is 0 Å². The smallest absolute Gasteiger partial charge is 0.0698 e. The van der Waals surface area contributed by atoms with Gasteiger partial charge in [-0.2, -0.15) is 0 Å². The van der Waals surface area contributed by atoms with Crippen molar-refractivity contribution < 1.29 is 4.74 Å². The first-order chi connectivity index (χ1) is 8.81. The van der Waals surface area contributed by atoms with E-state index < -0.39 is 0 Å². The van der Waals surface area contributed by atoms with E-state index in [0.29, 0.717) is 6.10 Å². The average Bonchev–Trinajstić information content (AvgIpc) is 2.40. The van der Waals surface area contributed by atoms with Crippen molar-refractivity contribution in [2.75, 3.05) is 27.2 Å². The maximum atomic E-state index is 5.47. The molecule has 1 heterocycles. The number of likely N-dealkylation sites (tertiary alicyclic amines) is 1. The summed E-state index contributed by atoms with van der Waals surface area (Å²) in [5.74, 6) is 0. The summed E-state index contributed by atoms with van der Waals surface area (Å²) in [4.78, 5) is 2.50. The fourth-order valence-corrected chi connectivity index (χ4v) is 2.65. The molecular formula is C15H24N2O. The highest BCUT2D eigenvalue weighted by molar-refractivity contribution is 5.23. The van der Waals surface area contributed by atoms with E-state index in [1.54, 1.807) is 0 Å². The van der Waals surface area contributed by atoms with Gasteiger partial charge in [0, 0.05) is 26.7 Å². The zero-order valence-electron chi connectivity index (χ0n) is 11.5. The molecule has 2 rings (SSSR count). The van der Waals surface area contributed by atoms with Crippen LogP contribution in [0, 0.1) is 0 Å². The minimum absolute atomic E-state index is 0.416. The first kappa shape index (κ1) is 13.5. The van der Waals surface area contributed by atoms with Crippen LogP contribution in [0.25, 0.3) is 0 Å². The van der Waals surface area contributed by atoms with Crippen molar-refractivity contribution in [2.45, 2.75) is 32.0 Å². The second-order valence-corrected chi connectivity index (χ2v) is 5.09. The Hall–Kier alpha value is -0.900. The van der Waals surface area contributed by atoms with Gasteiger partial charge in [0.05, 0.1) is 6.10 Å². The zero-order chi connectivity index (χ0) is 12.8. The summed E-state index contributed by atoms with van der Waals surface area (Å²) in [6.07, 6.45) is 2.86. The Morgan fingerprint density at radius 2 is 2.22 bits per heavy atom. The van der Waals surface area contributed by atoms with Crippen LogP contribution in [0.15, 0.2) is 24.3 Å². The van der Waals surface area contributed by atoms with Gasteiger partial charge in [-0.05, 0) is 37.6 Å². The highest BCUT2D eigenvalue weighted by Crippen LogP contribution is 2.16. The van der Waals surface area contributed by atoms with E-state index in [0.717, 1.165) is 19.6 Å². The third kappa shape index (κ3) is 3.80. The molecular weight excluding hydrogens is 224 g/mol. The van der Waals surface area contributed by atoms with Crippen molar-refractivity contribution >= 4 is 0 Å². The molecule has 18 heavy (non-hydrogen) atoms. The van der Waals surface area contributed by atoms with Crippen LogP contribution in [0.5, 0.6) is 0 Å². The number of benzene rings is 1. The molecule has 0 saturated carbocycles. The molecule has 1 N–H and O–H groups in total. The predicted molar refractivity (Wildman–Crippen MR) is 74.5 cm³/mol. The fraction of sp³-hybridized carbons (Fsp3) is 0.600. The van der Waals surface area contributed by atoms with Crippen molar-refractivity contribution in [1.82, 2.24) is 10.2 Å². The quantitative estimate of drug-likeness (QED) is 0.863. The van der Waals surface area contributed by atoms with E-state index >= 15 is 0 Å². The SMILES string of the molecule is CNCc1cccc(CN2CCCC(OC)C2)c1. The van der Waals surface area contributed by atoms with Crippen molar-refractivity contribution in [3.05, 3.63) is 35.4 Å². The van der Waals surface area contributed by atoms with E-state index in [-0.39, 0.29) is 0 Å². The van der Waals surface area contributed by atoms with Gasteiger partial charge in [-0.15, -0.1) is 0 Å². The number of methoxy groups -OCH3 is 1. The summed E-state index contributed by atoms with van der Waals surface area (Å²) in [6.45, 7) is 4.23. The minimum Gasteiger partial charge on any atom is -0.380 e. The van der Waals surface area contributed by atoms with Crippen LogP contribution in [-0.4, -0.2) is 38.3 Å². The molecule has 1 unspecified atom stereocenters. The Morgan fingerprint density at radius 1 is 1.39 bits per heavy atom. The number of ether oxygens (including phenoxy) is 1. The van der Waals surface area contributed by atoms with E-state index in [2.05, 4.69) is 34.5 Å². The van der Waals surface area contributed by atoms with E-state index in [1.165, 1.54) is 30.5 Å². The number of nitrogens with zero attached hydrogens (tertiary/aromatic N) is 1. The summed E-state index contributed by atoms with van der Waals surface area (Å²) in [5, 5.41) is 3.20. The van der Waals surface area contributed by atoms with Gasteiger partial charge in [0.1, 0.15) is 0 Å². The Morgan fingerprint density at radius 3 is 3.00 bits per heavy atom. The number of hydrogen-bond donors (Lipinski definition) is 1. The van der Waals surface area contributed by atoms with Gasteiger partial charge >= 0.3 is 0 Å². The summed E-state index contributed by atoms with van der Waals surface area (Å²) in [6, 6.07) is 8.84. The van der Waals surface area contributed by atoms with Crippen molar-refractivity contribution in [1.29, 1.82) is 0 Å². The molecule has 0 spiro atoms. The van der Waals surface area contributed by atoms with Crippen LogP contribution in [-0.2, 0) is 17.8 Å². The molecule has 1 fully saturated rings. The average molecular weight is 248 g/mol. The Kier molecular flexibility index (Phi) is 5.17. The topological polar surface area (TPSA) is 24.5 Å². The lowest BCUT2D eigenvalue weighted by molar-refractivity contribution is 0.0285. The lowest BCUT2D eigenvalue weighted by atomic mass is 10.1. The van der Waals surface area contributed by atoms with E-state index in [4.69, 9.17) is 4.74 Å². The molecule has 0 aliphatic carbocycles. The zero-order valence-corrected chi connectivity index (χ0v) is 11.5. The summed E-state index contributed by atoms with van der Waals surface area (Å²) in [5.41, 5.74) is 2.76.